The van der Waals surface area contributed by atoms with E-state index in [0.29, 0.717) is 33.6 Å². The quantitative estimate of drug-likeness (QED) is 0.420. The van der Waals surface area contributed by atoms with Gasteiger partial charge in [-0.1, -0.05) is 12.1 Å². The molecular weight excluding hydrogens is 311 g/mol. The van der Waals surface area contributed by atoms with Gasteiger partial charge in [-0.25, -0.2) is 9.18 Å². The fourth-order valence-corrected chi connectivity index (χ4v) is 2.73. The number of esters is 1. The van der Waals surface area contributed by atoms with Crippen LogP contribution >= 0.6 is 0 Å². The SMILES string of the molecule is CCOC(=O)c1cc2c(ccc[n+]2[O-])n1Cc1ccc(F)c(C)c1. The standard InChI is InChI=1S/C18H17FN2O3/c1-3-24-18(22)17-10-16-15(5-4-8-21(16)23)20(17)11-13-6-7-14(19)12(2)9-13/h4-10H,3,11H2,1-2H3. The number of benzene rings is 1. The van der Waals surface area contributed by atoms with Crippen LogP contribution in [0.2, 0.25) is 0 Å². The molecule has 6 heteroatoms. The van der Waals surface area contributed by atoms with Crippen molar-refractivity contribution in [1.29, 1.82) is 0 Å². The van der Waals surface area contributed by atoms with Crippen molar-refractivity contribution in [2.24, 2.45) is 0 Å². The van der Waals surface area contributed by atoms with Gasteiger partial charge in [-0.15, -0.1) is 0 Å². The lowest BCUT2D eigenvalue weighted by molar-refractivity contribution is -0.576. The van der Waals surface area contributed by atoms with Gasteiger partial charge in [-0.05, 0) is 37.1 Å². The van der Waals surface area contributed by atoms with E-state index in [1.165, 1.54) is 18.3 Å². The molecule has 0 atom stereocenters. The summed E-state index contributed by atoms with van der Waals surface area (Å²) in [5.41, 5.74) is 2.67. The number of halogens is 1. The molecule has 0 unspecified atom stereocenters. The lowest BCUT2D eigenvalue weighted by atomic mass is 10.1. The van der Waals surface area contributed by atoms with Gasteiger partial charge in [0.15, 0.2) is 6.20 Å². The predicted octanol–water partition coefficient (Wildman–Crippen LogP) is 2.95. The lowest BCUT2D eigenvalue weighted by Crippen LogP contribution is -2.25. The average molecular weight is 328 g/mol. The predicted molar refractivity (Wildman–Crippen MR) is 87.1 cm³/mol. The van der Waals surface area contributed by atoms with Gasteiger partial charge in [0.1, 0.15) is 17.0 Å². The number of hydrogen-bond acceptors (Lipinski definition) is 3. The molecule has 0 spiro atoms. The highest BCUT2D eigenvalue weighted by molar-refractivity contribution is 5.93. The number of rotatable bonds is 4. The minimum Gasteiger partial charge on any atom is -0.618 e. The zero-order valence-corrected chi connectivity index (χ0v) is 13.5. The van der Waals surface area contributed by atoms with E-state index in [2.05, 4.69) is 0 Å². The van der Waals surface area contributed by atoms with Crippen molar-refractivity contribution in [1.82, 2.24) is 4.57 Å². The fraction of sp³-hybridized carbons (Fsp3) is 0.222. The molecule has 0 N–H and O–H groups in total. The topological polar surface area (TPSA) is 58.2 Å². The molecule has 0 radical (unpaired) electrons. The number of aromatic nitrogens is 2. The first-order valence-electron chi connectivity index (χ1n) is 7.65. The number of carbonyl (C=O) groups excluding carboxylic acids is 1. The Kier molecular flexibility index (Phi) is 4.20. The molecule has 0 aliphatic rings. The number of fused-ring (bicyclic) bond motifs is 1. The summed E-state index contributed by atoms with van der Waals surface area (Å²) in [4.78, 5) is 12.2. The molecule has 3 rings (SSSR count). The van der Waals surface area contributed by atoms with Crippen molar-refractivity contribution in [3.63, 3.8) is 0 Å². The second kappa shape index (κ2) is 6.31. The molecule has 0 bridgehead atoms. The summed E-state index contributed by atoms with van der Waals surface area (Å²) in [5, 5.41) is 12.0. The summed E-state index contributed by atoms with van der Waals surface area (Å²) in [6.07, 6.45) is 1.38. The number of nitrogens with zero attached hydrogens (tertiary/aromatic N) is 2. The van der Waals surface area contributed by atoms with Gasteiger partial charge >= 0.3 is 5.97 Å². The summed E-state index contributed by atoms with van der Waals surface area (Å²) in [7, 11) is 0. The highest BCUT2D eigenvalue weighted by Crippen LogP contribution is 2.20. The molecule has 24 heavy (non-hydrogen) atoms. The van der Waals surface area contributed by atoms with Gasteiger partial charge in [0.05, 0.1) is 6.61 Å². The maximum atomic E-state index is 13.5. The van der Waals surface area contributed by atoms with E-state index in [0.717, 1.165) is 5.56 Å². The zero-order valence-electron chi connectivity index (χ0n) is 13.5. The first-order chi connectivity index (χ1) is 11.5. The second-order valence-electron chi connectivity index (χ2n) is 5.52. The summed E-state index contributed by atoms with van der Waals surface area (Å²) in [5.74, 6) is -0.772. The van der Waals surface area contributed by atoms with Crippen LogP contribution in [0.4, 0.5) is 4.39 Å². The van der Waals surface area contributed by atoms with Crippen molar-refractivity contribution >= 4 is 17.0 Å². The molecule has 1 aromatic carbocycles. The lowest BCUT2D eigenvalue weighted by Gasteiger charge is -2.10. The Morgan fingerprint density at radius 1 is 1.33 bits per heavy atom. The highest BCUT2D eigenvalue weighted by Gasteiger charge is 2.21. The Balaban J connectivity index is 2.13. The molecule has 124 valence electrons. The van der Waals surface area contributed by atoms with E-state index in [9.17, 15) is 14.4 Å². The Morgan fingerprint density at radius 3 is 2.83 bits per heavy atom. The van der Waals surface area contributed by atoms with Gasteiger partial charge in [0.25, 0.3) is 0 Å². The smallest absolute Gasteiger partial charge is 0.355 e. The van der Waals surface area contributed by atoms with Crippen molar-refractivity contribution in [2.45, 2.75) is 20.4 Å². The minimum atomic E-state index is -0.493. The average Bonchev–Trinajstić information content (AvgIpc) is 2.91. The van der Waals surface area contributed by atoms with Crippen molar-refractivity contribution in [2.75, 3.05) is 6.61 Å². The largest absolute Gasteiger partial charge is 0.618 e. The zero-order chi connectivity index (χ0) is 17.3. The third-order valence-electron chi connectivity index (χ3n) is 3.88. The number of carbonyl (C=O) groups is 1. The first-order valence-corrected chi connectivity index (χ1v) is 7.65. The van der Waals surface area contributed by atoms with Gasteiger partial charge in [-0.2, -0.15) is 4.73 Å². The molecular formula is C18H17FN2O3. The molecule has 0 aliphatic carbocycles. The van der Waals surface area contributed by atoms with E-state index >= 15 is 0 Å². The maximum Gasteiger partial charge on any atom is 0.355 e. The van der Waals surface area contributed by atoms with Crippen LogP contribution in [0, 0.1) is 17.9 Å². The Morgan fingerprint density at radius 2 is 2.12 bits per heavy atom. The first kappa shape index (κ1) is 16.0. The Bertz CT molecular complexity index is 918. The van der Waals surface area contributed by atoms with Gasteiger partial charge < -0.3 is 14.5 Å². The van der Waals surface area contributed by atoms with E-state index in [4.69, 9.17) is 4.74 Å². The van der Waals surface area contributed by atoms with Crippen LogP contribution in [0.15, 0.2) is 42.6 Å². The highest BCUT2D eigenvalue weighted by atomic mass is 19.1. The molecule has 0 fully saturated rings. The molecule has 3 aromatic rings. The summed E-state index contributed by atoms with van der Waals surface area (Å²) >= 11 is 0. The summed E-state index contributed by atoms with van der Waals surface area (Å²) < 4.78 is 21.0. The Labute approximate surface area is 138 Å². The second-order valence-corrected chi connectivity index (χ2v) is 5.52. The third-order valence-corrected chi connectivity index (χ3v) is 3.88. The van der Waals surface area contributed by atoms with Crippen molar-refractivity contribution in [3.8, 4) is 0 Å². The minimum absolute atomic E-state index is 0.243. The monoisotopic (exact) mass is 328 g/mol. The van der Waals surface area contributed by atoms with E-state index in [-0.39, 0.29) is 12.4 Å². The number of ether oxygens (including phenoxy) is 1. The van der Waals surface area contributed by atoms with Gasteiger partial charge in [0, 0.05) is 18.7 Å². The normalized spacial score (nSPS) is 11.0. The van der Waals surface area contributed by atoms with E-state index in [1.807, 2.05) is 0 Å². The molecule has 5 nitrogen and oxygen atoms in total. The van der Waals surface area contributed by atoms with E-state index in [1.54, 1.807) is 42.7 Å². The molecule has 2 heterocycles. The molecule has 0 saturated carbocycles. The summed E-state index contributed by atoms with van der Waals surface area (Å²) in [6, 6.07) is 9.70. The van der Waals surface area contributed by atoms with Gasteiger partial charge in [0.2, 0.25) is 5.52 Å². The molecule has 2 aromatic heterocycles. The Hall–Kier alpha value is -2.89. The molecule has 0 saturated heterocycles. The molecule has 0 amide bonds. The van der Waals surface area contributed by atoms with Crippen LogP contribution in [0.3, 0.4) is 0 Å². The fourth-order valence-electron chi connectivity index (χ4n) is 2.73. The summed E-state index contributed by atoms with van der Waals surface area (Å²) in [6.45, 7) is 3.99. The number of aryl methyl sites for hydroxylation is 1. The van der Waals surface area contributed by atoms with Crippen LogP contribution in [0.25, 0.3) is 11.0 Å². The van der Waals surface area contributed by atoms with Crippen LogP contribution < -0.4 is 4.73 Å². The van der Waals surface area contributed by atoms with Crippen LogP contribution in [0.5, 0.6) is 0 Å². The van der Waals surface area contributed by atoms with Crippen LogP contribution in [0.1, 0.15) is 28.5 Å². The third kappa shape index (κ3) is 2.82. The van der Waals surface area contributed by atoms with Crippen LogP contribution in [-0.2, 0) is 11.3 Å². The van der Waals surface area contributed by atoms with Crippen LogP contribution in [-0.4, -0.2) is 17.1 Å². The van der Waals surface area contributed by atoms with Gasteiger partial charge in [-0.3, -0.25) is 0 Å². The maximum absolute atomic E-state index is 13.5. The number of pyridine rings is 1. The van der Waals surface area contributed by atoms with E-state index < -0.39 is 5.97 Å². The number of hydrogen-bond donors (Lipinski definition) is 0. The molecule has 0 aliphatic heterocycles. The van der Waals surface area contributed by atoms with Crippen molar-refractivity contribution < 1.29 is 18.7 Å². The van der Waals surface area contributed by atoms with Crippen molar-refractivity contribution in [3.05, 3.63) is 70.4 Å².